The van der Waals surface area contributed by atoms with Crippen molar-refractivity contribution in [1.29, 1.82) is 0 Å². The fraction of sp³-hybridized carbons (Fsp3) is 0.500. The van der Waals surface area contributed by atoms with Gasteiger partial charge < -0.3 is 5.32 Å². The molecule has 1 fully saturated rings. The Morgan fingerprint density at radius 3 is 2.76 bits per heavy atom. The van der Waals surface area contributed by atoms with Crippen molar-refractivity contribution in [3.63, 3.8) is 0 Å². The van der Waals surface area contributed by atoms with Gasteiger partial charge in [0.15, 0.2) is 0 Å². The van der Waals surface area contributed by atoms with Crippen molar-refractivity contribution in [3.05, 3.63) is 41.6 Å². The van der Waals surface area contributed by atoms with Gasteiger partial charge in [-0.15, -0.1) is 0 Å². The van der Waals surface area contributed by atoms with E-state index in [1.165, 1.54) is 36.8 Å². The van der Waals surface area contributed by atoms with Crippen LogP contribution in [-0.4, -0.2) is 12.1 Å². The average molecular weight is 284 g/mol. The van der Waals surface area contributed by atoms with Gasteiger partial charge in [0, 0.05) is 17.9 Å². The zero-order valence-corrected chi connectivity index (χ0v) is 12.9. The number of nitrogens with one attached hydrogen (secondary N) is 1. The molecule has 1 unspecified atom stereocenters. The van der Waals surface area contributed by atoms with Crippen molar-refractivity contribution in [3.8, 4) is 0 Å². The van der Waals surface area contributed by atoms with Gasteiger partial charge in [-0.1, -0.05) is 36.6 Å². The Balaban J connectivity index is 1.69. The Morgan fingerprint density at radius 2 is 2.00 bits per heavy atom. The van der Waals surface area contributed by atoms with E-state index >= 15 is 0 Å². The summed E-state index contributed by atoms with van der Waals surface area (Å²) in [6.07, 6.45) is 8.03. The van der Waals surface area contributed by atoms with E-state index in [-0.39, 0.29) is 12.1 Å². The molecule has 3 nitrogen and oxygen atoms in total. The predicted octanol–water partition coefficient (Wildman–Crippen LogP) is 4.24. The third-order valence-corrected chi connectivity index (χ3v) is 4.85. The van der Waals surface area contributed by atoms with Crippen LogP contribution in [0.4, 0.5) is 10.5 Å². The fourth-order valence-corrected chi connectivity index (χ4v) is 3.62. The summed E-state index contributed by atoms with van der Waals surface area (Å²) in [5.74, 6) is 0.661. The molecule has 3 heteroatoms. The van der Waals surface area contributed by atoms with E-state index in [2.05, 4.69) is 25.2 Å². The summed E-state index contributed by atoms with van der Waals surface area (Å²) in [7, 11) is 0. The topological polar surface area (TPSA) is 32.3 Å². The van der Waals surface area contributed by atoms with Crippen molar-refractivity contribution in [2.75, 3.05) is 4.90 Å². The first-order chi connectivity index (χ1) is 10.2. The van der Waals surface area contributed by atoms with E-state index in [9.17, 15) is 4.79 Å². The van der Waals surface area contributed by atoms with Gasteiger partial charge >= 0.3 is 6.03 Å². The van der Waals surface area contributed by atoms with Gasteiger partial charge in [0.25, 0.3) is 0 Å². The minimum Gasteiger partial charge on any atom is -0.314 e. The second-order valence-electron chi connectivity index (χ2n) is 6.37. The molecule has 1 aliphatic heterocycles. The SMILES string of the molecule is C/C(=C\NC(=O)N1c2ccccc2CC1C)C1CCCC1. The fourth-order valence-electron chi connectivity index (χ4n) is 3.62. The Hall–Kier alpha value is -1.77. The van der Waals surface area contributed by atoms with Crippen LogP contribution in [0.1, 0.15) is 45.1 Å². The summed E-state index contributed by atoms with van der Waals surface area (Å²) in [6.45, 7) is 4.24. The van der Waals surface area contributed by atoms with Crippen molar-refractivity contribution in [2.24, 2.45) is 5.92 Å². The number of fused-ring (bicyclic) bond motifs is 1. The predicted molar refractivity (Wildman–Crippen MR) is 86.3 cm³/mol. The van der Waals surface area contributed by atoms with Crippen LogP contribution in [0.3, 0.4) is 0 Å². The lowest BCUT2D eigenvalue weighted by molar-refractivity contribution is 0.248. The quantitative estimate of drug-likeness (QED) is 0.865. The zero-order valence-electron chi connectivity index (χ0n) is 12.9. The summed E-state index contributed by atoms with van der Waals surface area (Å²) < 4.78 is 0. The zero-order chi connectivity index (χ0) is 14.8. The Morgan fingerprint density at radius 1 is 1.29 bits per heavy atom. The van der Waals surface area contributed by atoms with E-state index in [1.807, 2.05) is 29.3 Å². The van der Waals surface area contributed by atoms with Gasteiger partial charge in [-0.3, -0.25) is 4.90 Å². The van der Waals surface area contributed by atoms with Gasteiger partial charge in [0.1, 0.15) is 0 Å². The number of nitrogens with zero attached hydrogens (tertiary/aromatic N) is 1. The maximum Gasteiger partial charge on any atom is 0.326 e. The molecule has 1 aliphatic carbocycles. The number of carbonyl (C=O) groups is 1. The molecule has 1 aromatic carbocycles. The molecule has 1 aromatic rings. The minimum absolute atomic E-state index is 0.00945. The summed E-state index contributed by atoms with van der Waals surface area (Å²) in [5, 5.41) is 3.00. The summed E-state index contributed by atoms with van der Waals surface area (Å²) in [6, 6.07) is 8.39. The molecule has 0 aromatic heterocycles. The molecule has 1 heterocycles. The summed E-state index contributed by atoms with van der Waals surface area (Å²) in [4.78, 5) is 14.4. The molecule has 112 valence electrons. The second kappa shape index (κ2) is 5.92. The Kier molecular flexibility index (Phi) is 4.00. The van der Waals surface area contributed by atoms with Gasteiger partial charge in [0.2, 0.25) is 0 Å². The van der Waals surface area contributed by atoms with Crippen LogP contribution < -0.4 is 10.2 Å². The van der Waals surface area contributed by atoms with E-state index in [1.54, 1.807) is 0 Å². The number of para-hydroxylation sites is 1. The van der Waals surface area contributed by atoms with E-state index in [0.717, 1.165) is 12.1 Å². The second-order valence-corrected chi connectivity index (χ2v) is 6.37. The van der Waals surface area contributed by atoms with Gasteiger partial charge in [-0.25, -0.2) is 4.79 Å². The van der Waals surface area contributed by atoms with Crippen LogP contribution in [0, 0.1) is 5.92 Å². The number of carbonyl (C=O) groups excluding carboxylic acids is 1. The maximum atomic E-state index is 12.5. The molecule has 1 atom stereocenters. The largest absolute Gasteiger partial charge is 0.326 e. The molecule has 1 N–H and O–H groups in total. The van der Waals surface area contributed by atoms with Crippen LogP contribution in [0.2, 0.25) is 0 Å². The lowest BCUT2D eigenvalue weighted by atomic mass is 10.0. The first kappa shape index (κ1) is 14.2. The highest BCUT2D eigenvalue weighted by Gasteiger charge is 2.30. The highest BCUT2D eigenvalue weighted by Crippen LogP contribution is 2.32. The number of amides is 2. The molecular weight excluding hydrogens is 260 g/mol. The van der Waals surface area contributed by atoms with Crippen LogP contribution in [0.5, 0.6) is 0 Å². The van der Waals surface area contributed by atoms with Crippen LogP contribution in [0.15, 0.2) is 36.0 Å². The molecule has 1 saturated carbocycles. The first-order valence-electron chi connectivity index (χ1n) is 8.01. The van der Waals surface area contributed by atoms with E-state index < -0.39 is 0 Å². The van der Waals surface area contributed by atoms with Crippen molar-refractivity contribution < 1.29 is 4.79 Å². The number of hydrogen-bond donors (Lipinski definition) is 1. The van der Waals surface area contributed by atoms with Crippen molar-refractivity contribution in [2.45, 2.75) is 52.0 Å². The summed E-state index contributed by atoms with van der Waals surface area (Å²) in [5.41, 5.74) is 3.62. The molecule has 0 spiro atoms. The van der Waals surface area contributed by atoms with Gasteiger partial charge in [-0.05, 0) is 50.7 Å². The highest BCUT2D eigenvalue weighted by molar-refractivity contribution is 5.95. The molecule has 3 rings (SSSR count). The number of hydrogen-bond acceptors (Lipinski definition) is 1. The number of benzene rings is 1. The molecule has 0 bridgehead atoms. The van der Waals surface area contributed by atoms with Crippen LogP contribution in [-0.2, 0) is 6.42 Å². The molecule has 0 radical (unpaired) electrons. The van der Waals surface area contributed by atoms with E-state index in [4.69, 9.17) is 0 Å². The normalized spacial score (nSPS) is 22.5. The average Bonchev–Trinajstić information content (AvgIpc) is 3.10. The standard InChI is InChI=1S/C18H24N2O/c1-13(15-7-3-4-8-15)12-19-18(21)20-14(2)11-16-9-5-6-10-17(16)20/h5-6,9-10,12,14-15H,3-4,7-8,11H2,1-2H3,(H,19,21)/b13-12+. The molecular formula is C18H24N2O. The van der Waals surface area contributed by atoms with Crippen molar-refractivity contribution >= 4 is 11.7 Å². The number of urea groups is 1. The third kappa shape index (κ3) is 2.82. The maximum absolute atomic E-state index is 12.5. The van der Waals surface area contributed by atoms with Crippen molar-refractivity contribution in [1.82, 2.24) is 5.32 Å². The van der Waals surface area contributed by atoms with Gasteiger partial charge in [-0.2, -0.15) is 0 Å². The highest BCUT2D eigenvalue weighted by atomic mass is 16.2. The first-order valence-corrected chi connectivity index (χ1v) is 8.01. The monoisotopic (exact) mass is 284 g/mol. The minimum atomic E-state index is -0.00945. The van der Waals surface area contributed by atoms with E-state index in [0.29, 0.717) is 5.92 Å². The van der Waals surface area contributed by atoms with Gasteiger partial charge in [0.05, 0.1) is 0 Å². The van der Waals surface area contributed by atoms with Crippen LogP contribution in [0.25, 0.3) is 0 Å². The lowest BCUT2D eigenvalue weighted by Crippen LogP contribution is -2.41. The summed E-state index contributed by atoms with van der Waals surface area (Å²) >= 11 is 0. The smallest absolute Gasteiger partial charge is 0.314 e. The molecule has 2 amide bonds. The molecule has 21 heavy (non-hydrogen) atoms. The number of rotatable bonds is 2. The Labute approximate surface area is 127 Å². The molecule has 2 aliphatic rings. The lowest BCUT2D eigenvalue weighted by Gasteiger charge is -2.22. The van der Waals surface area contributed by atoms with Crippen LogP contribution >= 0.6 is 0 Å². The Bertz CT molecular complexity index is 558. The number of allylic oxidation sites excluding steroid dienone is 1. The third-order valence-electron chi connectivity index (χ3n) is 4.85. The number of anilines is 1. The molecule has 0 saturated heterocycles.